The van der Waals surface area contributed by atoms with Crippen molar-refractivity contribution in [1.82, 2.24) is 19.7 Å². The summed E-state index contributed by atoms with van der Waals surface area (Å²) in [7, 11) is 0. The van der Waals surface area contributed by atoms with E-state index in [2.05, 4.69) is 50.9 Å². The standard InChI is InChI=1S/C18H24N4O2S/c1-2-16-19-20-18(25-13-17(23)24)22(16)15-8-10-21(11-9-15)12-14-6-4-3-5-7-14/h3-7,15H,2,8-13H2,1H3,(H,23,24). The molecule has 0 unspecified atom stereocenters. The summed E-state index contributed by atoms with van der Waals surface area (Å²) in [6.45, 7) is 5.11. The molecule has 1 aromatic carbocycles. The summed E-state index contributed by atoms with van der Waals surface area (Å²) < 4.78 is 2.17. The molecule has 134 valence electrons. The molecule has 1 aliphatic rings. The van der Waals surface area contributed by atoms with Crippen molar-refractivity contribution >= 4 is 17.7 Å². The van der Waals surface area contributed by atoms with Crippen LogP contribution < -0.4 is 0 Å². The highest BCUT2D eigenvalue weighted by molar-refractivity contribution is 7.99. The summed E-state index contributed by atoms with van der Waals surface area (Å²) in [5, 5.41) is 18.1. The summed E-state index contributed by atoms with van der Waals surface area (Å²) in [6.07, 6.45) is 2.89. The normalized spacial score (nSPS) is 16.2. The van der Waals surface area contributed by atoms with Crippen LogP contribution in [0.25, 0.3) is 0 Å². The average Bonchev–Trinajstić information content (AvgIpc) is 3.04. The SMILES string of the molecule is CCc1nnc(SCC(=O)O)n1C1CCN(Cc2ccccc2)CC1. The summed E-state index contributed by atoms with van der Waals surface area (Å²) in [6, 6.07) is 10.9. The number of thioether (sulfide) groups is 1. The molecule has 1 saturated heterocycles. The Kier molecular flexibility index (Phi) is 6.09. The van der Waals surface area contributed by atoms with Gasteiger partial charge < -0.3 is 9.67 Å². The number of carbonyl (C=O) groups is 1. The third-order valence-corrected chi connectivity index (χ3v) is 5.48. The topological polar surface area (TPSA) is 71.2 Å². The van der Waals surface area contributed by atoms with Gasteiger partial charge in [0, 0.05) is 32.1 Å². The number of likely N-dealkylation sites (tertiary alicyclic amines) is 1. The molecule has 1 N–H and O–H groups in total. The molecular formula is C18H24N4O2S. The van der Waals surface area contributed by atoms with Gasteiger partial charge in [-0.15, -0.1) is 10.2 Å². The maximum atomic E-state index is 10.9. The van der Waals surface area contributed by atoms with Crippen LogP contribution in [0.3, 0.4) is 0 Å². The van der Waals surface area contributed by atoms with Crippen molar-refractivity contribution in [3.8, 4) is 0 Å². The first kappa shape index (κ1) is 17.9. The van der Waals surface area contributed by atoms with Gasteiger partial charge in [0.05, 0.1) is 5.75 Å². The molecule has 0 bridgehead atoms. The molecule has 2 aromatic rings. The lowest BCUT2D eigenvalue weighted by atomic mass is 10.0. The van der Waals surface area contributed by atoms with Crippen LogP contribution in [0.1, 0.15) is 37.2 Å². The Balaban J connectivity index is 1.64. The van der Waals surface area contributed by atoms with Crippen LogP contribution in [-0.4, -0.2) is 49.6 Å². The third kappa shape index (κ3) is 4.61. The minimum absolute atomic E-state index is 0.0225. The largest absolute Gasteiger partial charge is 0.481 e. The molecule has 0 radical (unpaired) electrons. The van der Waals surface area contributed by atoms with Crippen LogP contribution in [0.4, 0.5) is 0 Å². The van der Waals surface area contributed by atoms with Gasteiger partial charge in [-0.2, -0.15) is 0 Å². The van der Waals surface area contributed by atoms with Crippen molar-refractivity contribution < 1.29 is 9.90 Å². The quantitative estimate of drug-likeness (QED) is 0.766. The highest BCUT2D eigenvalue weighted by Crippen LogP contribution is 2.29. The molecule has 1 aromatic heterocycles. The van der Waals surface area contributed by atoms with Crippen LogP contribution in [-0.2, 0) is 17.8 Å². The van der Waals surface area contributed by atoms with Crippen LogP contribution in [0.5, 0.6) is 0 Å². The number of nitrogens with zero attached hydrogens (tertiary/aromatic N) is 4. The van der Waals surface area contributed by atoms with E-state index in [1.165, 1.54) is 17.3 Å². The smallest absolute Gasteiger partial charge is 0.313 e. The number of hydrogen-bond acceptors (Lipinski definition) is 5. The Bertz CT molecular complexity index is 696. The molecule has 0 spiro atoms. The lowest BCUT2D eigenvalue weighted by Gasteiger charge is -2.33. The predicted molar refractivity (Wildman–Crippen MR) is 97.7 cm³/mol. The average molecular weight is 360 g/mol. The van der Waals surface area contributed by atoms with Crippen LogP contribution >= 0.6 is 11.8 Å². The second-order valence-corrected chi connectivity index (χ2v) is 7.24. The van der Waals surface area contributed by atoms with E-state index in [-0.39, 0.29) is 5.75 Å². The Morgan fingerprint density at radius 3 is 2.60 bits per heavy atom. The van der Waals surface area contributed by atoms with Gasteiger partial charge in [-0.3, -0.25) is 9.69 Å². The number of hydrogen-bond donors (Lipinski definition) is 1. The lowest BCUT2D eigenvalue weighted by molar-refractivity contribution is -0.133. The van der Waals surface area contributed by atoms with E-state index in [4.69, 9.17) is 5.11 Å². The predicted octanol–water partition coefficient (Wildman–Crippen LogP) is 2.85. The molecule has 0 saturated carbocycles. The first-order chi connectivity index (χ1) is 12.2. The van der Waals surface area contributed by atoms with Gasteiger partial charge in [0.1, 0.15) is 5.82 Å². The summed E-state index contributed by atoms with van der Waals surface area (Å²) in [5.74, 6) is 0.152. The highest BCUT2D eigenvalue weighted by atomic mass is 32.2. The number of rotatable bonds is 7. The highest BCUT2D eigenvalue weighted by Gasteiger charge is 2.25. The molecule has 6 nitrogen and oxygen atoms in total. The van der Waals surface area contributed by atoms with E-state index < -0.39 is 5.97 Å². The number of carboxylic acid groups (broad SMARTS) is 1. The zero-order chi connectivity index (χ0) is 17.6. The summed E-state index contributed by atoms with van der Waals surface area (Å²) in [5.41, 5.74) is 1.34. The second-order valence-electron chi connectivity index (χ2n) is 6.30. The number of benzene rings is 1. The number of carboxylic acids is 1. The molecule has 25 heavy (non-hydrogen) atoms. The minimum atomic E-state index is -0.824. The molecule has 1 aliphatic heterocycles. The first-order valence-corrected chi connectivity index (χ1v) is 9.70. The van der Waals surface area contributed by atoms with Crippen LogP contribution in [0.2, 0.25) is 0 Å². The van der Waals surface area contributed by atoms with Gasteiger partial charge in [-0.05, 0) is 18.4 Å². The lowest BCUT2D eigenvalue weighted by Crippen LogP contribution is -2.34. The van der Waals surface area contributed by atoms with Crippen molar-refractivity contribution in [2.45, 2.75) is 43.9 Å². The van der Waals surface area contributed by atoms with Crippen molar-refractivity contribution in [3.63, 3.8) is 0 Å². The second kappa shape index (κ2) is 8.49. The zero-order valence-corrected chi connectivity index (χ0v) is 15.3. The Labute approximate surface area is 152 Å². The molecular weight excluding hydrogens is 336 g/mol. The first-order valence-electron chi connectivity index (χ1n) is 8.72. The van der Waals surface area contributed by atoms with E-state index >= 15 is 0 Å². The van der Waals surface area contributed by atoms with E-state index in [9.17, 15) is 4.79 Å². The molecule has 0 aliphatic carbocycles. The fourth-order valence-corrected chi connectivity index (χ4v) is 4.06. The Morgan fingerprint density at radius 2 is 1.96 bits per heavy atom. The van der Waals surface area contributed by atoms with Gasteiger partial charge in [-0.1, -0.05) is 49.0 Å². The van der Waals surface area contributed by atoms with Gasteiger partial charge >= 0.3 is 5.97 Å². The van der Waals surface area contributed by atoms with Crippen molar-refractivity contribution in [2.75, 3.05) is 18.8 Å². The molecule has 0 atom stereocenters. The maximum Gasteiger partial charge on any atom is 0.313 e. The minimum Gasteiger partial charge on any atom is -0.481 e. The van der Waals surface area contributed by atoms with Crippen molar-refractivity contribution in [3.05, 3.63) is 41.7 Å². The van der Waals surface area contributed by atoms with Crippen LogP contribution in [0, 0.1) is 0 Å². The number of piperidine rings is 1. The fourth-order valence-electron chi connectivity index (χ4n) is 3.32. The van der Waals surface area contributed by atoms with Gasteiger partial charge in [0.2, 0.25) is 0 Å². The van der Waals surface area contributed by atoms with E-state index in [1.54, 1.807) is 0 Å². The van der Waals surface area contributed by atoms with Gasteiger partial charge in [0.25, 0.3) is 0 Å². The zero-order valence-electron chi connectivity index (χ0n) is 14.5. The molecule has 2 heterocycles. The van der Waals surface area contributed by atoms with E-state index in [1.807, 2.05) is 6.07 Å². The maximum absolute atomic E-state index is 10.9. The number of aromatic nitrogens is 3. The molecule has 1 fully saturated rings. The molecule has 7 heteroatoms. The van der Waals surface area contributed by atoms with E-state index in [0.29, 0.717) is 6.04 Å². The summed E-state index contributed by atoms with van der Waals surface area (Å²) in [4.78, 5) is 13.3. The monoisotopic (exact) mass is 360 g/mol. The molecule has 3 rings (SSSR count). The van der Waals surface area contributed by atoms with Crippen molar-refractivity contribution in [2.24, 2.45) is 0 Å². The number of aryl methyl sites for hydroxylation is 1. The summed E-state index contributed by atoms with van der Waals surface area (Å²) >= 11 is 1.26. The number of aliphatic carboxylic acids is 1. The fraction of sp³-hybridized carbons (Fsp3) is 0.500. The van der Waals surface area contributed by atoms with Gasteiger partial charge in [-0.25, -0.2) is 0 Å². The van der Waals surface area contributed by atoms with Gasteiger partial charge in [0.15, 0.2) is 5.16 Å². The van der Waals surface area contributed by atoms with E-state index in [0.717, 1.165) is 49.9 Å². The Hall–Kier alpha value is -1.86. The third-order valence-electron chi connectivity index (χ3n) is 4.55. The van der Waals surface area contributed by atoms with Crippen LogP contribution in [0.15, 0.2) is 35.5 Å². The Morgan fingerprint density at radius 1 is 1.24 bits per heavy atom. The van der Waals surface area contributed by atoms with Crippen molar-refractivity contribution in [1.29, 1.82) is 0 Å². The molecule has 0 amide bonds.